The topological polar surface area (TPSA) is 6.48 Å². The van der Waals surface area contributed by atoms with Crippen molar-refractivity contribution in [2.45, 2.75) is 104 Å². The Kier molecular flexibility index (Phi) is 9.16. The first kappa shape index (κ1) is 40.0. The van der Waals surface area contributed by atoms with Crippen LogP contribution in [-0.2, 0) is 21.7 Å². The Bertz CT molecular complexity index is 2940. The highest BCUT2D eigenvalue weighted by atomic mass is 15.2. The van der Waals surface area contributed by atoms with Gasteiger partial charge in [-0.15, -0.1) is 0 Å². The fourth-order valence-corrected chi connectivity index (χ4v) is 10.6. The van der Waals surface area contributed by atoms with Crippen molar-refractivity contribution >= 4 is 39.2 Å². The zero-order valence-corrected chi connectivity index (χ0v) is 38.3. The molecule has 0 fully saturated rings. The zero-order valence-electron chi connectivity index (χ0n) is 38.3. The van der Waals surface area contributed by atoms with Gasteiger partial charge in [-0.1, -0.05) is 154 Å². The number of hydrogen-bond acceptors (Lipinski definition) is 2. The lowest BCUT2D eigenvalue weighted by molar-refractivity contribution is 0.590. The van der Waals surface area contributed by atoms with Gasteiger partial charge in [-0.05, 0) is 163 Å². The number of benzene rings is 7. The fourth-order valence-electron chi connectivity index (χ4n) is 10.6. The molecular weight excluding hydrogens is 749 g/mol. The second kappa shape index (κ2) is 14.2. The highest BCUT2D eigenvalue weighted by Gasteiger charge is 2.41. The Balaban J connectivity index is 1.11. The summed E-state index contributed by atoms with van der Waals surface area (Å²) in [4.78, 5) is 4.92. The molecule has 310 valence electrons. The number of allylic oxidation sites excluding steroid dienone is 4. The Labute approximate surface area is 370 Å². The highest BCUT2D eigenvalue weighted by molar-refractivity contribution is 6.12. The molecule has 10 rings (SSSR count). The summed E-state index contributed by atoms with van der Waals surface area (Å²) in [5.41, 5.74) is 20.7. The average Bonchev–Trinajstić information content (AvgIpc) is 3.48. The number of fused-ring (bicyclic) bond motifs is 6. The monoisotopic (exact) mass is 808 g/mol. The summed E-state index contributed by atoms with van der Waals surface area (Å²) in [7, 11) is 0. The molecule has 0 spiro atoms. The van der Waals surface area contributed by atoms with Crippen LogP contribution in [0.4, 0.5) is 28.4 Å². The smallest absolute Gasteiger partial charge is 0.0465 e. The van der Waals surface area contributed by atoms with Crippen molar-refractivity contribution in [1.82, 2.24) is 0 Å². The maximum absolute atomic E-state index is 2.56. The van der Waals surface area contributed by atoms with Gasteiger partial charge in [-0.2, -0.15) is 0 Å². The van der Waals surface area contributed by atoms with E-state index in [1.165, 1.54) is 89.2 Å². The van der Waals surface area contributed by atoms with E-state index in [1.807, 2.05) is 0 Å². The normalized spacial score (nSPS) is 15.7. The first-order valence-corrected chi connectivity index (χ1v) is 22.7. The van der Waals surface area contributed by atoms with Crippen LogP contribution in [0.3, 0.4) is 0 Å². The Morgan fingerprint density at radius 2 is 0.984 bits per heavy atom. The molecular formula is C60H60N2. The van der Waals surface area contributed by atoms with Gasteiger partial charge in [0.05, 0.1) is 0 Å². The molecule has 3 aliphatic rings. The van der Waals surface area contributed by atoms with Crippen LogP contribution in [0.5, 0.6) is 0 Å². The van der Waals surface area contributed by atoms with Crippen molar-refractivity contribution in [3.8, 4) is 22.3 Å². The van der Waals surface area contributed by atoms with Gasteiger partial charge in [0.25, 0.3) is 0 Å². The molecule has 0 radical (unpaired) electrons. The van der Waals surface area contributed by atoms with Gasteiger partial charge in [0.15, 0.2) is 0 Å². The number of hydrogen-bond donors (Lipinski definition) is 0. The van der Waals surface area contributed by atoms with Crippen LogP contribution < -0.4 is 9.80 Å². The van der Waals surface area contributed by atoms with E-state index in [0.29, 0.717) is 0 Å². The third kappa shape index (κ3) is 6.36. The predicted molar refractivity (Wildman–Crippen MR) is 266 cm³/mol. The first-order valence-electron chi connectivity index (χ1n) is 22.7. The quantitative estimate of drug-likeness (QED) is 0.165. The third-order valence-electron chi connectivity index (χ3n) is 14.2. The molecule has 7 aromatic rings. The minimum Gasteiger partial charge on any atom is -0.314 e. The minimum absolute atomic E-state index is 0.0859. The molecule has 0 aliphatic heterocycles. The Hall–Kier alpha value is -6.12. The van der Waals surface area contributed by atoms with E-state index in [2.05, 4.69) is 237 Å². The highest BCUT2D eigenvalue weighted by Crippen LogP contribution is 2.58. The van der Waals surface area contributed by atoms with Crippen LogP contribution in [0, 0.1) is 0 Å². The molecule has 0 aromatic heterocycles. The molecule has 0 atom stereocenters. The molecule has 0 unspecified atom stereocenters. The Morgan fingerprint density at radius 3 is 1.58 bits per heavy atom. The van der Waals surface area contributed by atoms with Gasteiger partial charge in [0, 0.05) is 45.0 Å². The van der Waals surface area contributed by atoms with Crippen molar-refractivity contribution in [2.24, 2.45) is 0 Å². The average molecular weight is 809 g/mol. The number of para-hydroxylation sites is 1. The minimum atomic E-state index is -0.226. The summed E-state index contributed by atoms with van der Waals surface area (Å²) in [6, 6.07) is 53.4. The van der Waals surface area contributed by atoms with Crippen LogP contribution in [0.1, 0.15) is 115 Å². The van der Waals surface area contributed by atoms with Crippen molar-refractivity contribution in [2.75, 3.05) is 9.80 Å². The summed E-state index contributed by atoms with van der Waals surface area (Å²) in [6.45, 7) is 23.4. The summed E-state index contributed by atoms with van der Waals surface area (Å²) >= 11 is 0. The second-order valence-corrected chi connectivity index (χ2v) is 21.0. The predicted octanol–water partition coefficient (Wildman–Crippen LogP) is 16.9. The van der Waals surface area contributed by atoms with Crippen LogP contribution in [0.2, 0.25) is 0 Å². The maximum atomic E-state index is 2.56. The largest absolute Gasteiger partial charge is 0.314 e. The van der Waals surface area contributed by atoms with Crippen LogP contribution in [0.25, 0.3) is 33.0 Å². The first-order chi connectivity index (χ1) is 29.5. The van der Waals surface area contributed by atoms with Gasteiger partial charge in [0.2, 0.25) is 0 Å². The molecule has 0 N–H and O–H groups in total. The molecule has 0 amide bonds. The van der Waals surface area contributed by atoms with Gasteiger partial charge in [-0.3, -0.25) is 0 Å². The van der Waals surface area contributed by atoms with Crippen molar-refractivity contribution in [1.29, 1.82) is 0 Å². The molecule has 2 nitrogen and oxygen atoms in total. The Morgan fingerprint density at radius 1 is 0.452 bits per heavy atom. The summed E-state index contributed by atoms with van der Waals surface area (Å²) in [5.74, 6) is 0. The molecule has 0 saturated carbocycles. The standard InChI is InChI=1S/C60H60N2/c1-57(2,3)39-24-28-43(29-25-39)61(41-18-13-11-14-19-41)45-32-34-47-50-38-54-55(49-22-17-23-51(56(49)50)59(7,8)52(47)36-45)48-35-33-46(37-53(48)60(54,9)10)62(42-20-15-12-16-21-42)44-30-26-40(27-31-44)58(4,5)6/h11-15,17-20,22-38H,16,21H2,1-10H3. The third-order valence-corrected chi connectivity index (χ3v) is 14.2. The van der Waals surface area contributed by atoms with Crippen LogP contribution in [0.15, 0.2) is 163 Å². The summed E-state index contributed by atoms with van der Waals surface area (Å²) in [5, 5.41) is 2.75. The zero-order chi connectivity index (χ0) is 43.3. The van der Waals surface area contributed by atoms with E-state index in [4.69, 9.17) is 0 Å². The maximum Gasteiger partial charge on any atom is 0.0465 e. The lowest BCUT2D eigenvalue weighted by Crippen LogP contribution is -2.25. The lowest BCUT2D eigenvalue weighted by Gasteiger charge is -2.37. The van der Waals surface area contributed by atoms with E-state index in [9.17, 15) is 0 Å². The van der Waals surface area contributed by atoms with E-state index >= 15 is 0 Å². The summed E-state index contributed by atoms with van der Waals surface area (Å²) in [6.07, 6.45) is 8.87. The SMILES string of the molecule is CC(C)(C)c1ccc(N(C2=CC=CCC2)c2ccc3c(c2)C(C)(C)c2cc4c5c(cccc5c2-3)C(C)(C)c2cc(N(c3ccccc3)c3ccc(C(C)(C)C)cc3)ccc2-4)cc1. The molecule has 2 heteroatoms. The molecule has 0 bridgehead atoms. The lowest BCUT2D eigenvalue weighted by atomic mass is 9.67. The van der Waals surface area contributed by atoms with Crippen molar-refractivity contribution in [3.05, 3.63) is 197 Å². The van der Waals surface area contributed by atoms with Gasteiger partial charge >= 0.3 is 0 Å². The van der Waals surface area contributed by atoms with E-state index in [1.54, 1.807) is 0 Å². The van der Waals surface area contributed by atoms with Crippen LogP contribution >= 0.6 is 0 Å². The number of rotatable bonds is 6. The van der Waals surface area contributed by atoms with Gasteiger partial charge < -0.3 is 9.80 Å². The van der Waals surface area contributed by atoms with E-state index in [-0.39, 0.29) is 21.7 Å². The number of nitrogens with zero attached hydrogens (tertiary/aromatic N) is 2. The molecule has 3 aliphatic carbocycles. The number of anilines is 5. The molecule has 0 saturated heterocycles. The molecule has 7 aromatic carbocycles. The van der Waals surface area contributed by atoms with Crippen molar-refractivity contribution in [3.63, 3.8) is 0 Å². The van der Waals surface area contributed by atoms with E-state index < -0.39 is 0 Å². The van der Waals surface area contributed by atoms with Crippen LogP contribution in [-0.4, -0.2) is 0 Å². The fraction of sp³-hybridized carbons (Fsp3) is 0.267. The molecule has 0 heterocycles. The summed E-state index contributed by atoms with van der Waals surface area (Å²) < 4.78 is 0. The molecule has 62 heavy (non-hydrogen) atoms. The van der Waals surface area contributed by atoms with E-state index in [0.717, 1.165) is 24.2 Å². The van der Waals surface area contributed by atoms with Crippen molar-refractivity contribution < 1.29 is 0 Å². The van der Waals surface area contributed by atoms with Gasteiger partial charge in [0.1, 0.15) is 0 Å². The van der Waals surface area contributed by atoms with Gasteiger partial charge in [-0.25, -0.2) is 0 Å². The second-order valence-electron chi connectivity index (χ2n) is 21.0.